The Balaban J connectivity index is 2.29. The number of benzene rings is 1. The third-order valence-electron chi connectivity index (χ3n) is 1.93. The van der Waals surface area contributed by atoms with Gasteiger partial charge in [-0.05, 0) is 17.7 Å². The van der Waals surface area contributed by atoms with E-state index in [4.69, 9.17) is 4.42 Å². The number of hydrogen-bond acceptors (Lipinski definition) is 2. The molecule has 0 bridgehead atoms. The Kier molecular flexibility index (Phi) is 2.15. The third-order valence-corrected chi connectivity index (χ3v) is 1.93. The van der Waals surface area contributed by atoms with Crippen LogP contribution in [0.1, 0.15) is 17.4 Å². The summed E-state index contributed by atoms with van der Waals surface area (Å²) < 4.78 is 5.10. The molecule has 66 valence electrons. The van der Waals surface area contributed by atoms with Crippen LogP contribution in [0.3, 0.4) is 0 Å². The van der Waals surface area contributed by atoms with E-state index in [0.717, 1.165) is 5.56 Å². The minimum atomic E-state index is -0.656. The highest BCUT2D eigenvalue weighted by molar-refractivity contribution is 5.23. The summed E-state index contributed by atoms with van der Waals surface area (Å²) in [6, 6.07) is 13.0. The van der Waals surface area contributed by atoms with Crippen LogP contribution in [0.4, 0.5) is 0 Å². The molecule has 2 aromatic rings. The van der Waals surface area contributed by atoms with Crippen molar-refractivity contribution in [3.05, 3.63) is 60.1 Å². The lowest BCUT2D eigenvalue weighted by atomic mass is 10.1. The summed E-state index contributed by atoms with van der Waals surface area (Å²) >= 11 is 0. The zero-order valence-electron chi connectivity index (χ0n) is 7.05. The number of rotatable bonds is 2. The second-order valence-corrected chi connectivity index (χ2v) is 2.83. The topological polar surface area (TPSA) is 33.4 Å². The zero-order valence-corrected chi connectivity index (χ0v) is 7.05. The van der Waals surface area contributed by atoms with Gasteiger partial charge in [0.25, 0.3) is 0 Å². The predicted molar refractivity (Wildman–Crippen MR) is 49.2 cm³/mol. The molecule has 1 N–H and O–H groups in total. The fraction of sp³-hybridized carbons (Fsp3) is 0.0909. The summed E-state index contributed by atoms with van der Waals surface area (Å²) in [4.78, 5) is 0. The van der Waals surface area contributed by atoms with Crippen molar-refractivity contribution in [2.75, 3.05) is 0 Å². The van der Waals surface area contributed by atoms with Gasteiger partial charge in [-0.2, -0.15) is 0 Å². The maximum Gasteiger partial charge on any atom is 0.137 e. The number of aliphatic hydroxyl groups excluding tert-OH is 1. The van der Waals surface area contributed by atoms with E-state index < -0.39 is 6.10 Å². The standard InChI is InChI=1S/C11H10O2/c12-11(10-7-4-8-13-10)9-5-2-1-3-6-9/h1-8,11-12H/t11-/m0/s1. The van der Waals surface area contributed by atoms with E-state index in [1.807, 2.05) is 30.3 Å². The van der Waals surface area contributed by atoms with Gasteiger partial charge in [0.2, 0.25) is 0 Å². The molecule has 0 unspecified atom stereocenters. The first-order valence-corrected chi connectivity index (χ1v) is 4.14. The Morgan fingerprint density at radius 2 is 1.77 bits per heavy atom. The monoisotopic (exact) mass is 174 g/mol. The molecule has 0 fully saturated rings. The molecule has 1 aromatic carbocycles. The normalized spacial score (nSPS) is 12.7. The first-order valence-electron chi connectivity index (χ1n) is 4.14. The Morgan fingerprint density at radius 3 is 2.38 bits per heavy atom. The van der Waals surface area contributed by atoms with E-state index in [1.54, 1.807) is 18.4 Å². The minimum absolute atomic E-state index is 0.575. The molecule has 0 aliphatic heterocycles. The zero-order chi connectivity index (χ0) is 9.10. The highest BCUT2D eigenvalue weighted by atomic mass is 16.4. The summed E-state index contributed by atoms with van der Waals surface area (Å²) in [6.07, 6.45) is 0.901. The van der Waals surface area contributed by atoms with Crippen LogP contribution in [0.15, 0.2) is 53.1 Å². The van der Waals surface area contributed by atoms with Crippen molar-refractivity contribution in [3.63, 3.8) is 0 Å². The van der Waals surface area contributed by atoms with Crippen molar-refractivity contribution in [1.29, 1.82) is 0 Å². The quantitative estimate of drug-likeness (QED) is 0.758. The maximum atomic E-state index is 9.79. The van der Waals surface area contributed by atoms with Crippen molar-refractivity contribution in [3.8, 4) is 0 Å². The van der Waals surface area contributed by atoms with Crippen molar-refractivity contribution >= 4 is 0 Å². The van der Waals surface area contributed by atoms with Gasteiger partial charge in [-0.15, -0.1) is 0 Å². The molecule has 13 heavy (non-hydrogen) atoms. The Hall–Kier alpha value is -1.54. The summed E-state index contributed by atoms with van der Waals surface area (Å²) in [7, 11) is 0. The second-order valence-electron chi connectivity index (χ2n) is 2.83. The Labute approximate surface area is 76.4 Å². The molecule has 2 nitrogen and oxygen atoms in total. The van der Waals surface area contributed by atoms with Crippen LogP contribution in [0.5, 0.6) is 0 Å². The van der Waals surface area contributed by atoms with Crippen molar-refractivity contribution < 1.29 is 9.52 Å². The summed E-state index contributed by atoms with van der Waals surface area (Å²) in [5, 5.41) is 9.79. The van der Waals surface area contributed by atoms with E-state index >= 15 is 0 Å². The van der Waals surface area contributed by atoms with E-state index in [-0.39, 0.29) is 0 Å². The van der Waals surface area contributed by atoms with E-state index in [9.17, 15) is 5.11 Å². The van der Waals surface area contributed by atoms with Crippen LogP contribution in [0, 0.1) is 0 Å². The number of aliphatic hydroxyl groups is 1. The molecule has 0 radical (unpaired) electrons. The van der Waals surface area contributed by atoms with Gasteiger partial charge in [0, 0.05) is 0 Å². The molecule has 1 atom stereocenters. The van der Waals surface area contributed by atoms with Crippen molar-refractivity contribution in [2.45, 2.75) is 6.10 Å². The molecule has 2 rings (SSSR count). The number of furan rings is 1. The average Bonchev–Trinajstić information content (AvgIpc) is 2.71. The molecule has 0 spiro atoms. The lowest BCUT2D eigenvalue weighted by molar-refractivity contribution is 0.189. The van der Waals surface area contributed by atoms with Gasteiger partial charge in [-0.25, -0.2) is 0 Å². The van der Waals surface area contributed by atoms with Crippen molar-refractivity contribution in [1.82, 2.24) is 0 Å². The van der Waals surface area contributed by atoms with Crippen LogP contribution >= 0.6 is 0 Å². The molecule has 1 aromatic heterocycles. The van der Waals surface area contributed by atoms with E-state index in [0.29, 0.717) is 5.76 Å². The fourth-order valence-electron chi connectivity index (χ4n) is 1.25. The molecule has 1 heterocycles. The fourth-order valence-corrected chi connectivity index (χ4v) is 1.25. The highest BCUT2D eigenvalue weighted by Gasteiger charge is 2.11. The van der Waals surface area contributed by atoms with Gasteiger partial charge in [-0.3, -0.25) is 0 Å². The Bertz CT molecular complexity index is 351. The van der Waals surface area contributed by atoms with Gasteiger partial charge in [0.05, 0.1) is 6.26 Å². The highest BCUT2D eigenvalue weighted by Crippen LogP contribution is 2.21. The molecule has 0 saturated heterocycles. The lowest BCUT2D eigenvalue weighted by Gasteiger charge is -2.06. The van der Waals surface area contributed by atoms with Crippen LogP contribution in [0.25, 0.3) is 0 Å². The van der Waals surface area contributed by atoms with Gasteiger partial charge in [0.15, 0.2) is 0 Å². The SMILES string of the molecule is O[C@@H](c1ccccc1)c1ccco1. The van der Waals surface area contributed by atoms with Crippen LogP contribution in [0.2, 0.25) is 0 Å². The largest absolute Gasteiger partial charge is 0.466 e. The first kappa shape index (κ1) is 8.08. The smallest absolute Gasteiger partial charge is 0.137 e. The third kappa shape index (κ3) is 1.63. The summed E-state index contributed by atoms with van der Waals surface area (Å²) in [5.41, 5.74) is 0.845. The summed E-state index contributed by atoms with van der Waals surface area (Å²) in [5.74, 6) is 0.575. The van der Waals surface area contributed by atoms with Gasteiger partial charge >= 0.3 is 0 Å². The molecule has 0 amide bonds. The van der Waals surface area contributed by atoms with E-state index in [1.165, 1.54) is 0 Å². The molecule has 2 heteroatoms. The van der Waals surface area contributed by atoms with Gasteiger partial charge < -0.3 is 9.52 Å². The lowest BCUT2D eigenvalue weighted by Crippen LogP contribution is -1.96. The Morgan fingerprint density at radius 1 is 1.00 bits per heavy atom. The van der Waals surface area contributed by atoms with Crippen LogP contribution in [-0.4, -0.2) is 5.11 Å². The molecule has 0 aliphatic rings. The molecular weight excluding hydrogens is 164 g/mol. The van der Waals surface area contributed by atoms with Crippen LogP contribution < -0.4 is 0 Å². The molecule has 0 saturated carbocycles. The second kappa shape index (κ2) is 3.46. The molecule has 0 aliphatic carbocycles. The average molecular weight is 174 g/mol. The van der Waals surface area contributed by atoms with Crippen LogP contribution in [-0.2, 0) is 0 Å². The van der Waals surface area contributed by atoms with Gasteiger partial charge in [-0.1, -0.05) is 30.3 Å². The van der Waals surface area contributed by atoms with Crippen molar-refractivity contribution in [2.24, 2.45) is 0 Å². The predicted octanol–water partition coefficient (Wildman–Crippen LogP) is 2.36. The first-order chi connectivity index (χ1) is 6.38. The number of hydrogen-bond donors (Lipinski definition) is 1. The maximum absolute atomic E-state index is 9.79. The molecular formula is C11H10O2. The van der Waals surface area contributed by atoms with E-state index in [2.05, 4.69) is 0 Å². The van der Waals surface area contributed by atoms with Gasteiger partial charge in [0.1, 0.15) is 11.9 Å². The summed E-state index contributed by atoms with van der Waals surface area (Å²) in [6.45, 7) is 0. The minimum Gasteiger partial charge on any atom is -0.466 e.